The van der Waals surface area contributed by atoms with Gasteiger partial charge in [-0.1, -0.05) is 27.7 Å². The fourth-order valence-corrected chi connectivity index (χ4v) is 2.37. The summed E-state index contributed by atoms with van der Waals surface area (Å²) in [5, 5.41) is 10.5. The number of hydrogen-bond acceptors (Lipinski definition) is 2. The van der Waals surface area contributed by atoms with Crippen LogP contribution < -0.4 is 0 Å². The molecule has 0 aliphatic carbocycles. The summed E-state index contributed by atoms with van der Waals surface area (Å²) in [7, 11) is 0. The highest BCUT2D eigenvalue weighted by atomic mass is 16.3. The van der Waals surface area contributed by atoms with E-state index in [2.05, 4.69) is 32.6 Å². The quantitative estimate of drug-likeness (QED) is 0.798. The van der Waals surface area contributed by atoms with Gasteiger partial charge in [-0.25, -0.2) is 0 Å². The Morgan fingerprint density at radius 3 is 2.19 bits per heavy atom. The van der Waals surface area contributed by atoms with Crippen molar-refractivity contribution in [3.63, 3.8) is 0 Å². The normalized spacial score (nSPS) is 22.3. The Kier molecular flexibility index (Phi) is 4.81. The number of aliphatic hydroxyl groups is 1. The zero-order chi connectivity index (χ0) is 12.2. The van der Waals surface area contributed by atoms with Gasteiger partial charge >= 0.3 is 0 Å². The van der Waals surface area contributed by atoms with Gasteiger partial charge in [0.05, 0.1) is 5.60 Å². The first-order chi connectivity index (χ1) is 7.35. The molecule has 0 aromatic heterocycles. The molecule has 1 fully saturated rings. The highest BCUT2D eigenvalue weighted by molar-refractivity contribution is 4.86. The van der Waals surface area contributed by atoms with Crippen molar-refractivity contribution in [3.05, 3.63) is 0 Å². The Morgan fingerprint density at radius 1 is 1.19 bits per heavy atom. The van der Waals surface area contributed by atoms with Gasteiger partial charge in [0.15, 0.2) is 0 Å². The third-order valence-corrected chi connectivity index (χ3v) is 3.67. The van der Waals surface area contributed by atoms with Gasteiger partial charge in [-0.3, -0.25) is 0 Å². The standard InChI is InChI=1S/C14H29NO/c1-5-10-15-11-8-14(16,9-12-15)7-6-13(2,3)4/h16H,5-12H2,1-4H3. The van der Waals surface area contributed by atoms with Crippen molar-refractivity contribution in [2.24, 2.45) is 5.41 Å². The molecule has 0 radical (unpaired) electrons. The van der Waals surface area contributed by atoms with E-state index >= 15 is 0 Å². The molecule has 1 N–H and O–H groups in total. The lowest BCUT2D eigenvalue weighted by Crippen LogP contribution is -2.44. The first-order valence-electron chi connectivity index (χ1n) is 6.79. The second kappa shape index (κ2) is 5.50. The zero-order valence-corrected chi connectivity index (χ0v) is 11.6. The Bertz CT molecular complexity index is 199. The van der Waals surface area contributed by atoms with Crippen molar-refractivity contribution in [1.82, 2.24) is 4.90 Å². The molecule has 0 aromatic carbocycles. The van der Waals surface area contributed by atoms with Crippen molar-refractivity contribution < 1.29 is 5.11 Å². The van der Waals surface area contributed by atoms with E-state index < -0.39 is 0 Å². The SMILES string of the molecule is CCCN1CCC(O)(CCC(C)(C)C)CC1. The van der Waals surface area contributed by atoms with Crippen LogP contribution in [0.4, 0.5) is 0 Å². The van der Waals surface area contributed by atoms with E-state index in [1.54, 1.807) is 0 Å². The molecule has 16 heavy (non-hydrogen) atoms. The van der Waals surface area contributed by atoms with Gasteiger partial charge in [0, 0.05) is 13.1 Å². The fraction of sp³-hybridized carbons (Fsp3) is 1.00. The van der Waals surface area contributed by atoms with E-state index in [1.165, 1.54) is 13.0 Å². The second-order valence-corrected chi connectivity index (χ2v) is 6.63. The molecule has 0 atom stereocenters. The minimum absolute atomic E-state index is 0.344. The summed E-state index contributed by atoms with van der Waals surface area (Å²) in [4.78, 5) is 2.48. The fourth-order valence-electron chi connectivity index (χ4n) is 2.37. The molecule has 0 aromatic rings. The summed E-state index contributed by atoms with van der Waals surface area (Å²) >= 11 is 0. The summed E-state index contributed by atoms with van der Waals surface area (Å²) in [6.45, 7) is 12.3. The topological polar surface area (TPSA) is 23.5 Å². The Balaban J connectivity index is 2.32. The van der Waals surface area contributed by atoms with Crippen LogP contribution in [0.25, 0.3) is 0 Å². The average molecular weight is 227 g/mol. The van der Waals surface area contributed by atoms with Crippen LogP contribution in [0, 0.1) is 5.41 Å². The third kappa shape index (κ3) is 4.84. The number of piperidine rings is 1. The van der Waals surface area contributed by atoms with Crippen LogP contribution in [-0.2, 0) is 0 Å². The van der Waals surface area contributed by atoms with E-state index in [9.17, 15) is 5.11 Å². The van der Waals surface area contributed by atoms with Crippen LogP contribution >= 0.6 is 0 Å². The predicted molar refractivity (Wildman–Crippen MR) is 69.6 cm³/mol. The molecule has 96 valence electrons. The van der Waals surface area contributed by atoms with Crippen LogP contribution in [0.2, 0.25) is 0 Å². The highest BCUT2D eigenvalue weighted by Crippen LogP contribution is 2.32. The summed E-state index contributed by atoms with van der Waals surface area (Å²) in [6, 6.07) is 0. The molecule has 1 aliphatic rings. The molecule has 0 saturated carbocycles. The average Bonchev–Trinajstić information content (AvgIpc) is 2.19. The number of nitrogens with zero attached hydrogens (tertiary/aromatic N) is 1. The van der Waals surface area contributed by atoms with E-state index in [0.29, 0.717) is 5.41 Å². The first-order valence-corrected chi connectivity index (χ1v) is 6.79. The number of hydrogen-bond donors (Lipinski definition) is 1. The van der Waals surface area contributed by atoms with Gasteiger partial charge < -0.3 is 10.0 Å². The molecule has 1 heterocycles. The van der Waals surface area contributed by atoms with Crippen LogP contribution in [-0.4, -0.2) is 35.2 Å². The van der Waals surface area contributed by atoms with Crippen LogP contribution in [0.3, 0.4) is 0 Å². The maximum Gasteiger partial charge on any atom is 0.0672 e. The maximum absolute atomic E-state index is 10.5. The van der Waals surface area contributed by atoms with Crippen molar-refractivity contribution >= 4 is 0 Å². The lowest BCUT2D eigenvalue weighted by Gasteiger charge is -2.39. The zero-order valence-electron chi connectivity index (χ0n) is 11.6. The predicted octanol–water partition coefficient (Wildman–Crippen LogP) is 3.05. The molecule has 2 nitrogen and oxygen atoms in total. The van der Waals surface area contributed by atoms with E-state index in [0.717, 1.165) is 38.8 Å². The Labute approximate surface area is 101 Å². The first kappa shape index (κ1) is 14.0. The highest BCUT2D eigenvalue weighted by Gasteiger charge is 2.32. The van der Waals surface area contributed by atoms with E-state index in [1.807, 2.05) is 0 Å². The van der Waals surface area contributed by atoms with Gasteiger partial charge in [-0.05, 0) is 44.1 Å². The summed E-state index contributed by atoms with van der Waals surface area (Å²) < 4.78 is 0. The Hall–Kier alpha value is -0.0800. The molecule has 1 aliphatic heterocycles. The summed E-state index contributed by atoms with van der Waals surface area (Å²) in [5.74, 6) is 0. The van der Waals surface area contributed by atoms with Crippen LogP contribution in [0.15, 0.2) is 0 Å². The molecule has 0 amide bonds. The van der Waals surface area contributed by atoms with Gasteiger partial charge in [0.25, 0.3) is 0 Å². The van der Waals surface area contributed by atoms with Gasteiger partial charge in [-0.15, -0.1) is 0 Å². The van der Waals surface area contributed by atoms with Crippen molar-refractivity contribution in [2.75, 3.05) is 19.6 Å². The smallest absolute Gasteiger partial charge is 0.0672 e. The molecule has 1 rings (SSSR count). The Morgan fingerprint density at radius 2 is 1.75 bits per heavy atom. The van der Waals surface area contributed by atoms with Gasteiger partial charge in [0.1, 0.15) is 0 Å². The largest absolute Gasteiger partial charge is 0.390 e. The summed E-state index contributed by atoms with van der Waals surface area (Å²) in [6.07, 6.45) is 5.24. The molecule has 0 unspecified atom stereocenters. The van der Waals surface area contributed by atoms with Crippen LogP contribution in [0.5, 0.6) is 0 Å². The molecular formula is C14H29NO. The molecule has 0 bridgehead atoms. The van der Waals surface area contributed by atoms with Crippen LogP contribution in [0.1, 0.15) is 59.8 Å². The van der Waals surface area contributed by atoms with E-state index in [4.69, 9.17) is 0 Å². The number of likely N-dealkylation sites (tertiary alicyclic amines) is 1. The molecular weight excluding hydrogens is 198 g/mol. The van der Waals surface area contributed by atoms with Gasteiger partial charge in [-0.2, -0.15) is 0 Å². The molecule has 0 spiro atoms. The lowest BCUT2D eigenvalue weighted by atomic mass is 9.80. The van der Waals surface area contributed by atoms with Crippen molar-refractivity contribution in [3.8, 4) is 0 Å². The van der Waals surface area contributed by atoms with Crippen molar-refractivity contribution in [1.29, 1.82) is 0 Å². The third-order valence-electron chi connectivity index (χ3n) is 3.67. The monoisotopic (exact) mass is 227 g/mol. The summed E-state index contributed by atoms with van der Waals surface area (Å²) in [5.41, 5.74) is -0.0339. The molecule has 2 heteroatoms. The second-order valence-electron chi connectivity index (χ2n) is 6.63. The van der Waals surface area contributed by atoms with Gasteiger partial charge in [0.2, 0.25) is 0 Å². The maximum atomic E-state index is 10.5. The van der Waals surface area contributed by atoms with Crippen molar-refractivity contribution in [2.45, 2.75) is 65.4 Å². The minimum atomic E-state index is -0.377. The molecule has 1 saturated heterocycles. The minimum Gasteiger partial charge on any atom is -0.390 e. The van der Waals surface area contributed by atoms with E-state index in [-0.39, 0.29) is 5.60 Å². The number of rotatable bonds is 4. The lowest BCUT2D eigenvalue weighted by molar-refractivity contribution is -0.0342.